The lowest BCUT2D eigenvalue weighted by molar-refractivity contribution is 0.409. The first-order chi connectivity index (χ1) is 13.0. The Morgan fingerprint density at radius 2 is 1.70 bits per heavy atom. The van der Waals surface area contributed by atoms with Gasteiger partial charge in [-0.3, -0.25) is 4.55 Å². The van der Waals surface area contributed by atoms with E-state index in [0.717, 1.165) is 26.3 Å². The molecule has 3 aliphatic rings. The highest BCUT2D eigenvalue weighted by Gasteiger charge is 2.43. The van der Waals surface area contributed by atoms with Crippen LogP contribution in [-0.2, 0) is 14.0 Å². The smallest absolute Gasteiger partial charge is 0.263 e. The highest BCUT2D eigenvalue weighted by atomic mass is 33.1. The Hall–Kier alpha value is -0.940. The summed E-state index contributed by atoms with van der Waals surface area (Å²) in [5.41, 5.74) is 4.55. The van der Waals surface area contributed by atoms with E-state index in [0.29, 0.717) is 0 Å². The van der Waals surface area contributed by atoms with Crippen LogP contribution < -0.4 is 0 Å². The van der Waals surface area contributed by atoms with Gasteiger partial charge in [0, 0.05) is 25.2 Å². The lowest BCUT2D eigenvalue weighted by Crippen LogP contribution is -2.17. The van der Waals surface area contributed by atoms with Gasteiger partial charge in [0.05, 0.1) is 10.1 Å². The molecule has 2 unspecified atom stereocenters. The third kappa shape index (κ3) is 2.37. The third-order valence-corrected chi connectivity index (χ3v) is 12.2. The lowest BCUT2D eigenvalue weighted by Gasteiger charge is -2.25. The quantitative estimate of drug-likeness (QED) is 0.310. The van der Waals surface area contributed by atoms with Crippen molar-refractivity contribution >= 4 is 68.2 Å². The van der Waals surface area contributed by atoms with E-state index in [-0.39, 0.29) is 5.25 Å². The molecule has 6 rings (SSSR count). The van der Waals surface area contributed by atoms with Gasteiger partial charge in [-0.2, -0.15) is 12.0 Å². The Kier molecular flexibility index (Phi) is 3.64. The second-order valence-corrected chi connectivity index (χ2v) is 12.9. The van der Waals surface area contributed by atoms with Crippen molar-refractivity contribution in [3.05, 3.63) is 70.8 Å². The minimum absolute atomic E-state index is 0.221. The molecule has 136 valence electrons. The maximum Gasteiger partial charge on any atom is 0.408 e. The molecule has 0 aromatic heterocycles. The predicted octanol–water partition coefficient (Wildman–Crippen LogP) is 5.59. The van der Waals surface area contributed by atoms with Crippen LogP contribution in [0.2, 0.25) is 0 Å². The molecule has 3 aromatic rings. The van der Waals surface area contributed by atoms with Gasteiger partial charge in [-0.05, 0) is 38.3 Å². The fraction of sp³-hybridized carbons (Fsp3) is 0.0556. The molecule has 0 radical (unpaired) electrons. The zero-order valence-electron chi connectivity index (χ0n) is 13.4. The van der Waals surface area contributed by atoms with Crippen LogP contribution >= 0.6 is 42.2 Å². The van der Waals surface area contributed by atoms with Crippen LogP contribution in [0.3, 0.4) is 0 Å². The molecule has 4 nitrogen and oxygen atoms in total. The molecule has 0 saturated carbocycles. The van der Waals surface area contributed by atoms with Gasteiger partial charge in [0.25, 0.3) is 0 Å². The van der Waals surface area contributed by atoms with Crippen LogP contribution in [0.4, 0.5) is 0 Å². The van der Waals surface area contributed by atoms with Gasteiger partial charge in [-0.1, -0.05) is 70.1 Å². The molecule has 0 spiro atoms. The van der Waals surface area contributed by atoms with Gasteiger partial charge in [-0.25, -0.2) is 0 Å². The van der Waals surface area contributed by atoms with Crippen molar-refractivity contribution in [1.29, 1.82) is 0 Å². The summed E-state index contributed by atoms with van der Waals surface area (Å²) in [5.74, 6) is 0. The summed E-state index contributed by atoms with van der Waals surface area (Å²) >= 11 is 0. The summed E-state index contributed by atoms with van der Waals surface area (Å²) < 4.78 is 37.6. The maximum absolute atomic E-state index is 11.5. The van der Waals surface area contributed by atoms with E-state index in [1.54, 1.807) is 10.8 Å². The topological polar surface area (TPSA) is 63.6 Å². The van der Waals surface area contributed by atoms with Crippen molar-refractivity contribution in [1.82, 2.24) is 0 Å². The van der Waals surface area contributed by atoms with Gasteiger partial charge in [0.15, 0.2) is 0 Å². The average Bonchev–Trinajstić information content (AvgIpc) is 3.23. The number of hydrogen-bond donors (Lipinski definition) is 1. The zero-order valence-corrected chi connectivity index (χ0v) is 17.5. The normalized spacial score (nSPS) is 22.2. The van der Waals surface area contributed by atoms with Crippen LogP contribution in [0.5, 0.6) is 0 Å². The number of rotatable bonds is 2. The summed E-state index contributed by atoms with van der Waals surface area (Å²) in [6.07, 6.45) is 0. The minimum atomic E-state index is -4.56. The molecule has 2 aliphatic heterocycles. The first-order valence-electron chi connectivity index (χ1n) is 8.01. The Labute approximate surface area is 170 Å². The Balaban J connectivity index is 1.77. The summed E-state index contributed by atoms with van der Waals surface area (Å²) in [7, 11) is -0.669. The first-order valence-corrected chi connectivity index (χ1v) is 14.1. The molecule has 2 heterocycles. The van der Waals surface area contributed by atoms with Crippen molar-refractivity contribution in [3.63, 3.8) is 0 Å². The summed E-state index contributed by atoms with van der Waals surface area (Å²) in [4.78, 5) is 3.18. The van der Waals surface area contributed by atoms with Crippen molar-refractivity contribution in [2.75, 3.05) is 0 Å². The van der Waals surface area contributed by atoms with E-state index in [1.807, 2.05) is 41.1 Å². The Bertz CT molecular complexity index is 1310. The zero-order chi connectivity index (χ0) is 18.3. The number of benzene rings is 3. The molecule has 3 aromatic carbocycles. The van der Waals surface area contributed by atoms with E-state index in [9.17, 15) is 13.0 Å². The molecule has 0 amide bonds. The van der Waals surface area contributed by atoms with Gasteiger partial charge in [0.2, 0.25) is 0 Å². The van der Waals surface area contributed by atoms with Crippen molar-refractivity contribution in [2.24, 2.45) is 0 Å². The molecular formula is C18H10O4S5. The van der Waals surface area contributed by atoms with E-state index < -0.39 is 20.2 Å². The molecule has 9 heteroatoms. The standard InChI is InChI=1S/C18H10O4S5/c19-27(20,21)22-26-18-12-8-4-3-7-11(12)16-13-14(18)17(25-26)10-6-2-1-5-9(10)15(13)23-24-16/h1-8,16H,(H,19,20,21). The molecule has 0 saturated heterocycles. The molecule has 0 bridgehead atoms. The highest BCUT2D eigenvalue weighted by molar-refractivity contribution is 8.83. The first kappa shape index (κ1) is 17.0. The van der Waals surface area contributed by atoms with Crippen molar-refractivity contribution in [2.45, 2.75) is 15.0 Å². The van der Waals surface area contributed by atoms with Crippen molar-refractivity contribution in [3.8, 4) is 0 Å². The van der Waals surface area contributed by atoms with Gasteiger partial charge < -0.3 is 0 Å². The van der Waals surface area contributed by atoms with Crippen molar-refractivity contribution < 1.29 is 16.6 Å². The number of hydrogen-bond acceptors (Lipinski definition) is 6. The monoisotopic (exact) mass is 450 g/mol. The molecular weight excluding hydrogens is 441 g/mol. The van der Waals surface area contributed by atoms with Crippen LogP contribution in [0, 0.1) is 0 Å². The summed E-state index contributed by atoms with van der Waals surface area (Å²) in [6, 6.07) is 16.3. The average molecular weight is 451 g/mol. The lowest BCUT2D eigenvalue weighted by atomic mass is 9.83. The Morgan fingerprint density at radius 3 is 2.48 bits per heavy atom. The molecule has 27 heavy (non-hydrogen) atoms. The van der Waals surface area contributed by atoms with Crippen LogP contribution in [0.25, 0.3) is 10.8 Å². The number of fused-ring (bicyclic) bond motifs is 6. The summed E-state index contributed by atoms with van der Waals surface area (Å²) in [6.45, 7) is 0. The summed E-state index contributed by atoms with van der Waals surface area (Å²) in [5, 5.41) is 2.52. The fourth-order valence-electron chi connectivity index (χ4n) is 3.88. The fourth-order valence-corrected chi connectivity index (χ4v) is 12.3. The second-order valence-electron chi connectivity index (χ2n) is 6.28. The van der Waals surface area contributed by atoms with E-state index in [2.05, 4.69) is 18.2 Å². The minimum Gasteiger partial charge on any atom is -0.263 e. The predicted molar refractivity (Wildman–Crippen MR) is 115 cm³/mol. The van der Waals surface area contributed by atoms with Gasteiger partial charge in [0.1, 0.15) is 0 Å². The van der Waals surface area contributed by atoms with E-state index >= 15 is 0 Å². The maximum atomic E-state index is 11.5. The van der Waals surface area contributed by atoms with Crippen LogP contribution in [-0.4, -0.2) is 17.8 Å². The SMILES string of the molecule is O=S(=O)(O)OS1=C2c3ccccc3C3SSc4c3c2c(c2ccccc42)S1. The van der Waals surface area contributed by atoms with E-state index in [1.165, 1.54) is 32.2 Å². The van der Waals surface area contributed by atoms with Gasteiger partial charge >= 0.3 is 10.4 Å². The molecule has 0 fully saturated rings. The van der Waals surface area contributed by atoms with E-state index in [4.69, 9.17) is 3.63 Å². The highest BCUT2D eigenvalue weighted by Crippen LogP contribution is 2.67. The van der Waals surface area contributed by atoms with Crippen LogP contribution in [0.15, 0.2) is 58.3 Å². The Morgan fingerprint density at radius 1 is 1.00 bits per heavy atom. The third-order valence-electron chi connectivity index (χ3n) is 4.84. The van der Waals surface area contributed by atoms with Crippen LogP contribution in [0.1, 0.15) is 27.5 Å². The molecule has 2 atom stereocenters. The second kappa shape index (κ2) is 5.79. The molecule has 1 aliphatic carbocycles. The largest absolute Gasteiger partial charge is 0.408 e. The molecule has 1 N–H and O–H groups in total. The van der Waals surface area contributed by atoms with Gasteiger partial charge in [-0.15, -0.1) is 0 Å².